The summed E-state index contributed by atoms with van der Waals surface area (Å²) in [6.45, 7) is -0.173. The van der Waals surface area contributed by atoms with Crippen LogP contribution in [0.25, 0.3) is 0 Å². The lowest BCUT2D eigenvalue weighted by Crippen LogP contribution is -2.48. The zero-order valence-electron chi connectivity index (χ0n) is 14.6. The molecule has 1 aromatic carbocycles. The maximum atomic E-state index is 10.8. The number of phosphoric acid groups is 1. The molecule has 0 aliphatic heterocycles. The molecule has 0 aliphatic rings. The van der Waals surface area contributed by atoms with Gasteiger partial charge in [0, 0.05) is 0 Å². The molecule has 0 saturated heterocycles. The number of allylic oxidation sites excluding steroid dienone is 1. The summed E-state index contributed by atoms with van der Waals surface area (Å²) < 4.78 is 22.9. The van der Waals surface area contributed by atoms with E-state index < -0.39 is 26.6 Å². The highest BCUT2D eigenvalue weighted by atomic mass is 127. The Labute approximate surface area is 168 Å². The standard InChI is InChI=1S/C17H27INO6P/c18-11-3-1-2-4-12-24-16-7-5-15(6-8-16)9-10-17(19,13-20)14-25-26(21,22)23/h3,5-8,11,20H,1-2,4,9-10,12-14,19H2,(H2,21,22,23)/t17-/m1/s1. The van der Waals surface area contributed by atoms with E-state index in [1.54, 1.807) is 0 Å². The lowest BCUT2D eigenvalue weighted by molar-refractivity contribution is 0.102. The molecule has 1 aromatic rings. The van der Waals surface area contributed by atoms with Gasteiger partial charge >= 0.3 is 7.82 Å². The molecule has 0 heterocycles. The van der Waals surface area contributed by atoms with Crippen molar-refractivity contribution in [3.63, 3.8) is 0 Å². The van der Waals surface area contributed by atoms with Crippen molar-refractivity contribution < 1.29 is 28.7 Å². The maximum Gasteiger partial charge on any atom is 0.469 e. The Hall–Kier alpha value is -0.480. The number of rotatable bonds is 13. The second kappa shape index (κ2) is 12.1. The van der Waals surface area contributed by atoms with Gasteiger partial charge in [-0.15, -0.1) is 0 Å². The van der Waals surface area contributed by atoms with Crippen LogP contribution in [0.5, 0.6) is 5.75 Å². The van der Waals surface area contributed by atoms with E-state index in [4.69, 9.17) is 20.3 Å². The average Bonchev–Trinajstić information content (AvgIpc) is 2.61. The van der Waals surface area contributed by atoms with Crippen molar-refractivity contribution in [1.29, 1.82) is 0 Å². The van der Waals surface area contributed by atoms with Crippen molar-refractivity contribution in [2.24, 2.45) is 5.73 Å². The summed E-state index contributed by atoms with van der Waals surface area (Å²) in [6.07, 6.45) is 6.15. The fourth-order valence-corrected chi connectivity index (χ4v) is 2.96. The SMILES string of the molecule is N[C@@](CO)(CCc1ccc(OCCCCC=CI)cc1)COP(=O)(O)O. The Bertz CT molecular complexity index is 591. The third-order valence-corrected chi connectivity index (χ3v) is 4.77. The zero-order chi connectivity index (χ0) is 19.5. The Kier molecular flexibility index (Phi) is 10.9. The molecule has 148 valence electrons. The number of benzene rings is 1. The molecule has 0 aromatic heterocycles. The summed E-state index contributed by atoms with van der Waals surface area (Å²) in [6, 6.07) is 7.58. The molecule has 0 fully saturated rings. The van der Waals surface area contributed by atoms with Crippen LogP contribution in [-0.4, -0.2) is 40.3 Å². The van der Waals surface area contributed by atoms with E-state index in [0.717, 1.165) is 30.6 Å². The van der Waals surface area contributed by atoms with E-state index in [1.165, 1.54) is 0 Å². The van der Waals surface area contributed by atoms with Crippen LogP contribution in [0.2, 0.25) is 0 Å². The lowest BCUT2D eigenvalue weighted by atomic mass is 9.94. The molecule has 0 amide bonds. The van der Waals surface area contributed by atoms with Gasteiger partial charge in [-0.3, -0.25) is 4.52 Å². The van der Waals surface area contributed by atoms with E-state index >= 15 is 0 Å². The molecule has 0 bridgehead atoms. The van der Waals surface area contributed by atoms with E-state index in [9.17, 15) is 9.67 Å². The Morgan fingerprint density at radius 2 is 1.92 bits per heavy atom. The number of ether oxygens (including phenoxy) is 1. The summed E-state index contributed by atoms with van der Waals surface area (Å²) in [4.78, 5) is 17.5. The van der Waals surface area contributed by atoms with Crippen molar-refractivity contribution in [3.8, 4) is 5.75 Å². The molecule has 0 radical (unpaired) electrons. The smallest absolute Gasteiger partial charge is 0.469 e. The molecule has 9 heteroatoms. The van der Waals surface area contributed by atoms with Crippen molar-refractivity contribution in [2.75, 3.05) is 19.8 Å². The van der Waals surface area contributed by atoms with Gasteiger partial charge in [-0.1, -0.05) is 40.8 Å². The van der Waals surface area contributed by atoms with Gasteiger partial charge in [-0.25, -0.2) is 4.57 Å². The predicted molar refractivity (Wildman–Crippen MR) is 109 cm³/mol. The van der Waals surface area contributed by atoms with Gasteiger partial charge in [-0.05, 0) is 53.9 Å². The summed E-state index contributed by atoms with van der Waals surface area (Å²) in [5.41, 5.74) is 5.73. The summed E-state index contributed by atoms with van der Waals surface area (Å²) in [7, 11) is -4.61. The molecule has 26 heavy (non-hydrogen) atoms. The second-order valence-electron chi connectivity index (χ2n) is 6.13. The summed E-state index contributed by atoms with van der Waals surface area (Å²) in [5, 5.41) is 9.40. The molecule has 0 unspecified atom stereocenters. The monoisotopic (exact) mass is 499 g/mol. The number of halogens is 1. The first-order valence-electron chi connectivity index (χ1n) is 8.35. The van der Waals surface area contributed by atoms with Crippen LogP contribution < -0.4 is 10.5 Å². The Morgan fingerprint density at radius 1 is 1.23 bits per heavy atom. The molecule has 0 spiro atoms. The topological polar surface area (TPSA) is 122 Å². The molecule has 1 atom stereocenters. The first kappa shape index (κ1) is 23.6. The summed E-state index contributed by atoms with van der Waals surface area (Å²) in [5.74, 6) is 0.796. The number of aryl methyl sites for hydroxylation is 1. The minimum absolute atomic E-state index is 0.327. The Balaban J connectivity index is 2.39. The van der Waals surface area contributed by atoms with E-state index in [1.807, 2.05) is 28.3 Å². The van der Waals surface area contributed by atoms with Crippen LogP contribution in [0, 0.1) is 0 Å². The van der Waals surface area contributed by atoms with Crippen molar-refractivity contribution in [3.05, 3.63) is 40.0 Å². The lowest BCUT2D eigenvalue weighted by Gasteiger charge is -2.27. The number of phosphoric ester groups is 1. The van der Waals surface area contributed by atoms with Gasteiger partial charge < -0.3 is 25.4 Å². The minimum atomic E-state index is -4.61. The number of aliphatic hydroxyl groups is 1. The minimum Gasteiger partial charge on any atom is -0.494 e. The summed E-state index contributed by atoms with van der Waals surface area (Å²) >= 11 is 2.21. The van der Waals surface area contributed by atoms with Crippen molar-refractivity contribution in [1.82, 2.24) is 0 Å². The average molecular weight is 499 g/mol. The zero-order valence-corrected chi connectivity index (χ0v) is 17.6. The fraction of sp³-hybridized carbons (Fsp3) is 0.529. The van der Waals surface area contributed by atoms with Crippen LogP contribution in [0.4, 0.5) is 0 Å². The molecule has 7 nitrogen and oxygen atoms in total. The first-order valence-corrected chi connectivity index (χ1v) is 11.1. The van der Waals surface area contributed by atoms with Gasteiger partial charge in [-0.2, -0.15) is 0 Å². The Morgan fingerprint density at radius 3 is 2.50 bits per heavy atom. The number of hydrogen-bond donors (Lipinski definition) is 4. The van der Waals surface area contributed by atoms with Crippen LogP contribution in [-0.2, 0) is 15.5 Å². The number of nitrogens with two attached hydrogens (primary N) is 1. The fourth-order valence-electron chi connectivity index (χ4n) is 2.17. The van der Waals surface area contributed by atoms with Crippen LogP contribution >= 0.6 is 30.4 Å². The van der Waals surface area contributed by atoms with Crippen LogP contribution in [0.1, 0.15) is 31.2 Å². The number of aliphatic hydroxyl groups excluding tert-OH is 1. The molecular formula is C17H27INO6P. The number of hydrogen-bond acceptors (Lipinski definition) is 5. The van der Waals surface area contributed by atoms with E-state index in [-0.39, 0.29) is 0 Å². The highest BCUT2D eigenvalue weighted by Gasteiger charge is 2.28. The second-order valence-corrected chi connectivity index (χ2v) is 8.09. The van der Waals surface area contributed by atoms with Gasteiger partial charge in [0.25, 0.3) is 0 Å². The molecule has 0 aliphatic carbocycles. The number of unbranched alkanes of at least 4 members (excludes halogenated alkanes) is 2. The van der Waals surface area contributed by atoms with Gasteiger partial charge in [0.2, 0.25) is 0 Å². The third kappa shape index (κ3) is 10.6. The van der Waals surface area contributed by atoms with Crippen LogP contribution in [0.15, 0.2) is 34.4 Å². The largest absolute Gasteiger partial charge is 0.494 e. The molecule has 1 rings (SSSR count). The highest BCUT2D eigenvalue weighted by Crippen LogP contribution is 2.36. The first-order chi connectivity index (χ1) is 12.3. The predicted octanol–water partition coefficient (Wildman–Crippen LogP) is 2.92. The van der Waals surface area contributed by atoms with Crippen molar-refractivity contribution >= 4 is 30.4 Å². The molecule has 5 N–H and O–H groups in total. The molecular weight excluding hydrogens is 472 g/mol. The quantitative estimate of drug-likeness (QED) is 0.187. The maximum absolute atomic E-state index is 10.8. The van der Waals surface area contributed by atoms with Crippen molar-refractivity contribution in [2.45, 2.75) is 37.6 Å². The third-order valence-electron chi connectivity index (χ3n) is 3.79. The highest BCUT2D eigenvalue weighted by molar-refractivity contribution is 14.1. The van der Waals surface area contributed by atoms with Gasteiger partial charge in [0.1, 0.15) is 5.75 Å². The molecule has 0 saturated carbocycles. The van der Waals surface area contributed by atoms with Gasteiger partial charge in [0.15, 0.2) is 0 Å². The normalized spacial score (nSPS) is 14.5. The van der Waals surface area contributed by atoms with Crippen LogP contribution in [0.3, 0.4) is 0 Å². The van der Waals surface area contributed by atoms with Gasteiger partial charge in [0.05, 0.1) is 25.4 Å². The van der Waals surface area contributed by atoms with E-state index in [2.05, 4.69) is 33.2 Å². The van der Waals surface area contributed by atoms with E-state index in [0.29, 0.717) is 19.4 Å².